The van der Waals surface area contributed by atoms with Crippen molar-refractivity contribution in [2.24, 2.45) is 0 Å². The van der Waals surface area contributed by atoms with Crippen LogP contribution in [0.25, 0.3) is 0 Å². The molecule has 0 unspecified atom stereocenters. The molecule has 0 spiro atoms. The minimum Gasteiger partial charge on any atom is -0.332 e. The number of hydrogen-bond donors (Lipinski definition) is 1. The predicted octanol–water partition coefficient (Wildman–Crippen LogP) is 4.26. The lowest BCUT2D eigenvalue weighted by atomic mass is 10.3. The molecule has 0 amide bonds. The maximum atomic E-state index is 5.73. The van der Waals surface area contributed by atoms with Gasteiger partial charge in [0.15, 0.2) is 5.13 Å². The van der Waals surface area contributed by atoms with Crippen molar-refractivity contribution in [3.63, 3.8) is 0 Å². The van der Waals surface area contributed by atoms with Gasteiger partial charge in [0.1, 0.15) is 5.15 Å². The summed E-state index contributed by atoms with van der Waals surface area (Å²) in [5, 5.41) is 6.34. The summed E-state index contributed by atoms with van der Waals surface area (Å²) in [6.07, 6.45) is 2.06. The Bertz CT molecular complexity index is 439. The third-order valence-corrected chi connectivity index (χ3v) is 3.64. The van der Waals surface area contributed by atoms with Gasteiger partial charge in [0.2, 0.25) is 0 Å². The first-order valence-corrected chi connectivity index (χ1v) is 6.78. The minimum absolute atomic E-state index is 0.531. The summed E-state index contributed by atoms with van der Waals surface area (Å²) in [6.45, 7) is 0. The van der Waals surface area contributed by atoms with Crippen molar-refractivity contribution in [3.8, 4) is 0 Å². The molecule has 0 radical (unpaired) electrons. The number of rotatable bonds is 3. The lowest BCUT2D eigenvalue weighted by molar-refractivity contribution is 1.38. The highest BCUT2D eigenvalue weighted by molar-refractivity contribution is 7.98. The minimum atomic E-state index is 0.531. The molecule has 0 atom stereocenters. The van der Waals surface area contributed by atoms with E-state index in [9.17, 15) is 0 Å². The van der Waals surface area contributed by atoms with Gasteiger partial charge < -0.3 is 5.32 Å². The number of thiazole rings is 1. The third kappa shape index (κ3) is 2.87. The van der Waals surface area contributed by atoms with Crippen LogP contribution in [-0.4, -0.2) is 11.2 Å². The Kier molecular flexibility index (Phi) is 3.51. The van der Waals surface area contributed by atoms with Crippen LogP contribution < -0.4 is 5.32 Å². The summed E-state index contributed by atoms with van der Waals surface area (Å²) in [5.74, 6) is 0. The number of anilines is 2. The highest BCUT2D eigenvalue weighted by Crippen LogP contribution is 2.24. The molecule has 1 N–H and O–H groups in total. The molecule has 0 saturated carbocycles. The number of halogens is 1. The Morgan fingerprint density at radius 3 is 2.60 bits per heavy atom. The van der Waals surface area contributed by atoms with Crippen LogP contribution in [0.15, 0.2) is 34.5 Å². The summed E-state index contributed by atoms with van der Waals surface area (Å²) in [7, 11) is 0. The lowest BCUT2D eigenvalue weighted by Crippen LogP contribution is -1.88. The molecule has 15 heavy (non-hydrogen) atoms. The first-order chi connectivity index (χ1) is 7.28. The van der Waals surface area contributed by atoms with Crippen LogP contribution in [-0.2, 0) is 0 Å². The SMILES string of the molecule is CSc1ccc(Nc2nc(Cl)cs2)cc1. The highest BCUT2D eigenvalue weighted by atomic mass is 35.5. The van der Waals surface area contributed by atoms with E-state index in [0.29, 0.717) is 5.15 Å². The van der Waals surface area contributed by atoms with Crippen molar-refractivity contribution >= 4 is 45.5 Å². The Balaban J connectivity index is 2.11. The third-order valence-electron chi connectivity index (χ3n) is 1.82. The number of nitrogens with zero attached hydrogens (tertiary/aromatic N) is 1. The number of nitrogens with one attached hydrogen (secondary N) is 1. The van der Waals surface area contributed by atoms with Crippen molar-refractivity contribution < 1.29 is 0 Å². The van der Waals surface area contributed by atoms with Crippen molar-refractivity contribution in [3.05, 3.63) is 34.8 Å². The van der Waals surface area contributed by atoms with Gasteiger partial charge in [-0.1, -0.05) is 11.6 Å². The molecule has 5 heteroatoms. The molecule has 0 bridgehead atoms. The van der Waals surface area contributed by atoms with Crippen molar-refractivity contribution in [2.75, 3.05) is 11.6 Å². The second-order valence-corrected chi connectivity index (χ2v) is 4.95. The first-order valence-electron chi connectivity index (χ1n) is 4.30. The van der Waals surface area contributed by atoms with Gasteiger partial charge in [-0.25, -0.2) is 4.98 Å². The fourth-order valence-corrected chi connectivity index (χ4v) is 2.38. The van der Waals surface area contributed by atoms with E-state index < -0.39 is 0 Å². The number of benzene rings is 1. The standard InChI is InChI=1S/C10H9ClN2S2/c1-14-8-4-2-7(3-5-8)12-10-13-9(11)6-15-10/h2-6H,1H3,(H,12,13). The van der Waals surface area contributed by atoms with E-state index in [-0.39, 0.29) is 0 Å². The van der Waals surface area contributed by atoms with E-state index in [4.69, 9.17) is 11.6 Å². The maximum Gasteiger partial charge on any atom is 0.188 e. The van der Waals surface area contributed by atoms with Crippen LogP contribution in [0, 0.1) is 0 Å². The molecule has 2 aromatic rings. The molecule has 78 valence electrons. The number of aromatic nitrogens is 1. The molecule has 2 nitrogen and oxygen atoms in total. The van der Waals surface area contributed by atoms with Crippen LogP contribution >= 0.6 is 34.7 Å². The molecule has 1 aromatic heterocycles. The normalized spacial score (nSPS) is 10.3. The van der Waals surface area contributed by atoms with Gasteiger partial charge in [-0.3, -0.25) is 0 Å². The smallest absolute Gasteiger partial charge is 0.188 e. The molecule has 0 aliphatic rings. The van der Waals surface area contributed by atoms with Crippen LogP contribution in [0.4, 0.5) is 10.8 Å². The average molecular weight is 257 g/mol. The van der Waals surface area contributed by atoms with E-state index >= 15 is 0 Å². The molecule has 0 fully saturated rings. The van der Waals surface area contributed by atoms with Gasteiger partial charge in [0.05, 0.1) is 0 Å². The van der Waals surface area contributed by atoms with E-state index in [2.05, 4.69) is 28.7 Å². The van der Waals surface area contributed by atoms with Gasteiger partial charge in [-0.05, 0) is 30.5 Å². The van der Waals surface area contributed by atoms with Gasteiger partial charge >= 0.3 is 0 Å². The van der Waals surface area contributed by atoms with E-state index in [0.717, 1.165) is 10.8 Å². The molecule has 1 aromatic carbocycles. The van der Waals surface area contributed by atoms with E-state index in [1.807, 2.05) is 12.1 Å². The number of thioether (sulfide) groups is 1. The zero-order valence-electron chi connectivity index (χ0n) is 8.03. The zero-order valence-corrected chi connectivity index (χ0v) is 10.4. The summed E-state index contributed by atoms with van der Waals surface area (Å²) >= 11 is 8.95. The zero-order chi connectivity index (χ0) is 10.7. The Morgan fingerprint density at radius 1 is 1.33 bits per heavy atom. The molecule has 0 aliphatic carbocycles. The molecular formula is C10H9ClN2S2. The maximum absolute atomic E-state index is 5.73. The molecule has 0 aliphatic heterocycles. The summed E-state index contributed by atoms with van der Waals surface area (Å²) in [4.78, 5) is 5.36. The van der Waals surface area contributed by atoms with Crippen LogP contribution in [0.5, 0.6) is 0 Å². The Morgan fingerprint density at radius 2 is 2.07 bits per heavy atom. The Hall–Kier alpha value is -0.710. The predicted molar refractivity (Wildman–Crippen MR) is 68.6 cm³/mol. The van der Waals surface area contributed by atoms with Gasteiger partial charge in [-0.15, -0.1) is 23.1 Å². The average Bonchev–Trinajstić information content (AvgIpc) is 2.65. The van der Waals surface area contributed by atoms with Gasteiger partial charge in [0.25, 0.3) is 0 Å². The molecule has 1 heterocycles. The monoisotopic (exact) mass is 256 g/mol. The Labute approximate surface area is 102 Å². The van der Waals surface area contributed by atoms with Crippen LogP contribution in [0.3, 0.4) is 0 Å². The highest BCUT2D eigenvalue weighted by Gasteiger charge is 1.99. The fourth-order valence-electron chi connectivity index (χ4n) is 1.11. The fraction of sp³-hybridized carbons (Fsp3) is 0.100. The molecular weight excluding hydrogens is 248 g/mol. The van der Waals surface area contributed by atoms with Crippen LogP contribution in [0.1, 0.15) is 0 Å². The summed E-state index contributed by atoms with van der Waals surface area (Å²) in [5.41, 5.74) is 1.03. The molecule has 2 rings (SSSR count). The van der Waals surface area contributed by atoms with Gasteiger partial charge in [0, 0.05) is 16.0 Å². The topological polar surface area (TPSA) is 24.9 Å². The summed E-state index contributed by atoms with van der Waals surface area (Å²) in [6, 6.07) is 8.20. The second-order valence-electron chi connectivity index (χ2n) is 2.83. The molecule has 0 saturated heterocycles. The van der Waals surface area contributed by atoms with Crippen LogP contribution in [0.2, 0.25) is 5.15 Å². The van der Waals surface area contributed by atoms with Gasteiger partial charge in [-0.2, -0.15) is 0 Å². The first kappa shape index (κ1) is 10.8. The van der Waals surface area contributed by atoms with E-state index in [1.165, 1.54) is 16.2 Å². The second kappa shape index (κ2) is 4.88. The largest absolute Gasteiger partial charge is 0.332 e. The van der Waals surface area contributed by atoms with Crippen molar-refractivity contribution in [1.82, 2.24) is 4.98 Å². The quantitative estimate of drug-likeness (QED) is 0.831. The van der Waals surface area contributed by atoms with Crippen molar-refractivity contribution in [2.45, 2.75) is 4.90 Å². The summed E-state index contributed by atoms with van der Waals surface area (Å²) < 4.78 is 0. The van der Waals surface area contributed by atoms with E-state index in [1.54, 1.807) is 17.1 Å². The lowest BCUT2D eigenvalue weighted by Gasteiger charge is -2.02. The number of hydrogen-bond acceptors (Lipinski definition) is 4. The van der Waals surface area contributed by atoms with Crippen molar-refractivity contribution in [1.29, 1.82) is 0 Å².